The van der Waals surface area contributed by atoms with Crippen molar-refractivity contribution in [1.29, 1.82) is 0 Å². The molecule has 3 aromatic rings. The number of ether oxygens (including phenoxy) is 1. The van der Waals surface area contributed by atoms with Crippen molar-refractivity contribution in [2.75, 3.05) is 41.3 Å². The minimum Gasteiger partial charge on any atom is -0.427 e. The van der Waals surface area contributed by atoms with Crippen molar-refractivity contribution in [2.24, 2.45) is 0 Å². The zero-order valence-corrected chi connectivity index (χ0v) is 17.3. The molecule has 7 nitrogen and oxygen atoms in total. The van der Waals surface area contributed by atoms with E-state index in [9.17, 15) is 9.59 Å². The summed E-state index contributed by atoms with van der Waals surface area (Å²) in [4.78, 5) is 32.5. The number of piperazine rings is 1. The minimum absolute atomic E-state index is 0.217. The number of aromatic nitrogens is 1. The molecule has 158 valence electrons. The number of nitrogens with zero attached hydrogens (tertiary/aromatic N) is 3. The Bertz CT molecular complexity index is 1030. The van der Waals surface area contributed by atoms with Crippen LogP contribution in [-0.4, -0.2) is 43.0 Å². The van der Waals surface area contributed by atoms with Crippen LogP contribution in [0.25, 0.3) is 0 Å². The smallest absolute Gasteiger partial charge is 0.308 e. The number of nitrogens with one attached hydrogen (secondary N) is 1. The Hall–Kier alpha value is -3.87. The van der Waals surface area contributed by atoms with Gasteiger partial charge in [-0.05, 0) is 60.7 Å². The number of rotatable bonds is 5. The highest BCUT2D eigenvalue weighted by atomic mass is 16.5. The van der Waals surface area contributed by atoms with Crippen molar-refractivity contribution < 1.29 is 14.3 Å². The lowest BCUT2D eigenvalue weighted by Gasteiger charge is -2.36. The summed E-state index contributed by atoms with van der Waals surface area (Å²) >= 11 is 0. The van der Waals surface area contributed by atoms with Crippen LogP contribution in [-0.2, 0) is 4.79 Å². The SMILES string of the molecule is CC(=O)Oc1ccc(C(=O)Nc2ccc(N3CCN(c4ccccn4)CC3)cc2)cc1. The third-order valence-electron chi connectivity index (χ3n) is 5.12. The fraction of sp³-hybridized carbons (Fsp3) is 0.208. The Morgan fingerprint density at radius 2 is 1.55 bits per heavy atom. The van der Waals surface area contributed by atoms with Gasteiger partial charge in [0.15, 0.2) is 0 Å². The van der Waals surface area contributed by atoms with Gasteiger partial charge in [-0.3, -0.25) is 9.59 Å². The lowest BCUT2D eigenvalue weighted by molar-refractivity contribution is -0.131. The second kappa shape index (κ2) is 9.30. The molecule has 1 amide bonds. The molecule has 0 spiro atoms. The van der Waals surface area contributed by atoms with Gasteiger partial charge in [0.2, 0.25) is 0 Å². The lowest BCUT2D eigenvalue weighted by Crippen LogP contribution is -2.46. The van der Waals surface area contributed by atoms with Crippen molar-refractivity contribution >= 4 is 29.1 Å². The van der Waals surface area contributed by atoms with Gasteiger partial charge in [-0.2, -0.15) is 0 Å². The van der Waals surface area contributed by atoms with E-state index in [2.05, 4.69) is 20.1 Å². The molecule has 1 aliphatic rings. The van der Waals surface area contributed by atoms with Gasteiger partial charge < -0.3 is 19.9 Å². The summed E-state index contributed by atoms with van der Waals surface area (Å²) in [7, 11) is 0. The molecule has 0 saturated carbocycles. The number of pyridine rings is 1. The van der Waals surface area contributed by atoms with Gasteiger partial charge in [-0.25, -0.2) is 4.98 Å². The molecular formula is C24H24N4O3. The minimum atomic E-state index is -0.393. The molecule has 1 aromatic heterocycles. The summed E-state index contributed by atoms with van der Waals surface area (Å²) in [6, 6.07) is 20.3. The van der Waals surface area contributed by atoms with E-state index in [0.717, 1.165) is 43.4 Å². The molecule has 0 aliphatic carbocycles. The van der Waals surface area contributed by atoms with Crippen LogP contribution in [0.15, 0.2) is 72.9 Å². The Labute approximate surface area is 181 Å². The van der Waals surface area contributed by atoms with Gasteiger partial charge in [-0.15, -0.1) is 0 Å². The molecule has 0 atom stereocenters. The standard InChI is InChI=1S/C24H24N4O3/c1-18(29)31-22-11-5-19(6-12-22)24(30)26-20-7-9-21(10-8-20)27-14-16-28(17-15-27)23-4-2-3-13-25-23/h2-13H,14-17H2,1H3,(H,26,30). The van der Waals surface area contributed by atoms with Crippen LogP contribution in [0.3, 0.4) is 0 Å². The number of carbonyl (C=O) groups is 2. The fourth-order valence-corrected chi connectivity index (χ4v) is 3.53. The van der Waals surface area contributed by atoms with E-state index in [1.165, 1.54) is 6.92 Å². The maximum atomic E-state index is 12.5. The topological polar surface area (TPSA) is 74.8 Å². The molecule has 31 heavy (non-hydrogen) atoms. The highest BCUT2D eigenvalue weighted by Gasteiger charge is 2.18. The molecule has 7 heteroatoms. The van der Waals surface area contributed by atoms with E-state index in [4.69, 9.17) is 4.74 Å². The van der Waals surface area contributed by atoms with Gasteiger partial charge in [0.1, 0.15) is 11.6 Å². The monoisotopic (exact) mass is 416 g/mol. The molecule has 1 N–H and O–H groups in total. The highest BCUT2D eigenvalue weighted by Crippen LogP contribution is 2.22. The van der Waals surface area contributed by atoms with Crippen molar-refractivity contribution in [3.8, 4) is 5.75 Å². The number of esters is 1. The molecule has 0 unspecified atom stereocenters. The van der Waals surface area contributed by atoms with E-state index in [-0.39, 0.29) is 5.91 Å². The summed E-state index contributed by atoms with van der Waals surface area (Å²) in [5.74, 6) is 0.819. The van der Waals surface area contributed by atoms with Crippen LogP contribution in [0.5, 0.6) is 5.75 Å². The summed E-state index contributed by atoms with van der Waals surface area (Å²) in [5, 5.41) is 2.90. The fourth-order valence-electron chi connectivity index (χ4n) is 3.53. The molecule has 1 aliphatic heterocycles. The molecule has 1 fully saturated rings. The van der Waals surface area contributed by atoms with Gasteiger partial charge in [0, 0.05) is 56.2 Å². The van der Waals surface area contributed by atoms with E-state index < -0.39 is 5.97 Å². The molecule has 0 radical (unpaired) electrons. The molecule has 1 saturated heterocycles. The molecule has 2 aromatic carbocycles. The van der Waals surface area contributed by atoms with Crippen LogP contribution in [0, 0.1) is 0 Å². The first-order chi connectivity index (χ1) is 15.1. The van der Waals surface area contributed by atoms with Crippen LogP contribution in [0.1, 0.15) is 17.3 Å². The Kier molecular flexibility index (Phi) is 6.12. The largest absolute Gasteiger partial charge is 0.427 e. The molecule has 4 rings (SSSR count). The van der Waals surface area contributed by atoms with Gasteiger partial charge in [0.05, 0.1) is 0 Å². The summed E-state index contributed by atoms with van der Waals surface area (Å²) in [6.07, 6.45) is 1.82. The van der Waals surface area contributed by atoms with Gasteiger partial charge in [-0.1, -0.05) is 6.07 Å². The second-order valence-corrected chi connectivity index (χ2v) is 7.28. The van der Waals surface area contributed by atoms with Crippen LogP contribution in [0.4, 0.5) is 17.2 Å². The maximum Gasteiger partial charge on any atom is 0.308 e. The average Bonchev–Trinajstić information content (AvgIpc) is 2.80. The van der Waals surface area contributed by atoms with Crippen molar-refractivity contribution in [3.63, 3.8) is 0 Å². The highest BCUT2D eigenvalue weighted by molar-refractivity contribution is 6.04. The second-order valence-electron chi connectivity index (χ2n) is 7.28. The van der Waals surface area contributed by atoms with Crippen LogP contribution in [0.2, 0.25) is 0 Å². The number of hydrogen-bond acceptors (Lipinski definition) is 6. The number of benzene rings is 2. The predicted octanol–water partition coefficient (Wildman–Crippen LogP) is 3.59. The Balaban J connectivity index is 1.32. The van der Waals surface area contributed by atoms with E-state index in [0.29, 0.717) is 11.3 Å². The molecular weight excluding hydrogens is 392 g/mol. The number of anilines is 3. The molecule has 2 heterocycles. The van der Waals surface area contributed by atoms with Crippen LogP contribution < -0.4 is 19.9 Å². The lowest BCUT2D eigenvalue weighted by atomic mass is 10.2. The van der Waals surface area contributed by atoms with E-state index in [1.807, 2.05) is 48.7 Å². The zero-order chi connectivity index (χ0) is 21.6. The van der Waals surface area contributed by atoms with Crippen molar-refractivity contribution in [1.82, 2.24) is 4.98 Å². The first kappa shape index (κ1) is 20.4. The first-order valence-corrected chi connectivity index (χ1v) is 10.2. The predicted molar refractivity (Wildman–Crippen MR) is 121 cm³/mol. The number of carbonyl (C=O) groups excluding carboxylic acids is 2. The Morgan fingerprint density at radius 3 is 2.16 bits per heavy atom. The Morgan fingerprint density at radius 1 is 0.871 bits per heavy atom. The third-order valence-corrected chi connectivity index (χ3v) is 5.12. The normalized spacial score (nSPS) is 13.6. The summed E-state index contributed by atoms with van der Waals surface area (Å²) in [5.41, 5.74) is 2.35. The van der Waals surface area contributed by atoms with Gasteiger partial charge >= 0.3 is 5.97 Å². The number of hydrogen-bond donors (Lipinski definition) is 1. The average molecular weight is 416 g/mol. The van der Waals surface area contributed by atoms with E-state index in [1.54, 1.807) is 24.3 Å². The van der Waals surface area contributed by atoms with Crippen molar-refractivity contribution in [2.45, 2.75) is 6.92 Å². The summed E-state index contributed by atoms with van der Waals surface area (Å²) in [6.45, 7) is 5.00. The quantitative estimate of drug-likeness (QED) is 0.506. The van der Waals surface area contributed by atoms with Crippen LogP contribution >= 0.6 is 0 Å². The first-order valence-electron chi connectivity index (χ1n) is 10.2. The number of amides is 1. The van der Waals surface area contributed by atoms with Gasteiger partial charge in [0.25, 0.3) is 5.91 Å². The van der Waals surface area contributed by atoms with E-state index >= 15 is 0 Å². The maximum absolute atomic E-state index is 12.5. The zero-order valence-electron chi connectivity index (χ0n) is 17.3. The summed E-state index contributed by atoms with van der Waals surface area (Å²) < 4.78 is 4.99. The molecule has 0 bridgehead atoms. The third kappa shape index (κ3) is 5.19. The van der Waals surface area contributed by atoms with Crippen molar-refractivity contribution in [3.05, 3.63) is 78.5 Å².